The molecule has 1 atom stereocenters. The van der Waals surface area contributed by atoms with Crippen LogP contribution in [0.25, 0.3) is 11.1 Å². The number of rotatable bonds is 7. The van der Waals surface area contributed by atoms with Crippen molar-refractivity contribution in [2.24, 2.45) is 0 Å². The number of likely N-dealkylation sites (tertiary alicyclic amines) is 1. The Labute approximate surface area is 180 Å². The second kappa shape index (κ2) is 9.73. The van der Waals surface area contributed by atoms with E-state index >= 15 is 0 Å². The Balaban J connectivity index is 1.69. The van der Waals surface area contributed by atoms with Crippen molar-refractivity contribution >= 4 is 15.7 Å². The van der Waals surface area contributed by atoms with Crippen molar-refractivity contribution in [2.75, 3.05) is 18.8 Å². The van der Waals surface area contributed by atoms with Crippen LogP contribution < -0.4 is 0 Å². The van der Waals surface area contributed by atoms with Crippen LogP contribution in [-0.2, 0) is 9.84 Å². The van der Waals surface area contributed by atoms with Crippen molar-refractivity contribution in [1.82, 2.24) is 9.88 Å². The topological polar surface area (TPSA) is 67.3 Å². The van der Waals surface area contributed by atoms with Crippen molar-refractivity contribution in [3.63, 3.8) is 0 Å². The summed E-state index contributed by atoms with van der Waals surface area (Å²) in [6.45, 7) is 7.14. The van der Waals surface area contributed by atoms with E-state index in [2.05, 4.69) is 24.0 Å². The first-order chi connectivity index (χ1) is 14.3. The highest BCUT2D eigenvalue weighted by molar-refractivity contribution is 7.91. The van der Waals surface area contributed by atoms with Gasteiger partial charge >= 0.3 is 0 Å². The molecule has 0 N–H and O–H groups in total. The summed E-state index contributed by atoms with van der Waals surface area (Å²) in [5.41, 5.74) is 3.60. The van der Waals surface area contributed by atoms with Crippen molar-refractivity contribution in [1.29, 1.82) is 0 Å². The molecule has 2 aromatic rings. The monoisotopic (exact) mass is 428 g/mol. The Bertz CT molecular complexity index is 962. The molecule has 5 nitrogen and oxygen atoms in total. The Morgan fingerprint density at radius 3 is 2.30 bits per heavy atom. The van der Waals surface area contributed by atoms with Crippen molar-refractivity contribution in [2.45, 2.75) is 57.6 Å². The third-order valence-corrected chi connectivity index (χ3v) is 8.23. The molecule has 30 heavy (non-hydrogen) atoms. The standard InChI is InChI=1S/C24H32N2O3S/c1-18(2)30(28,29)16-12-19(3)20-7-9-21(10-8-20)22-11-13-25-23(17-22)24(27)26-14-5-4-6-15-26/h7-11,13,17-19H,4-6,12,14-16H2,1-3H3/t19-/m0/s1. The van der Waals surface area contributed by atoms with Gasteiger partial charge in [-0.25, -0.2) is 8.42 Å². The third kappa shape index (κ3) is 5.48. The molecule has 1 aromatic carbocycles. The molecule has 1 fully saturated rings. The number of sulfone groups is 1. The second-order valence-corrected chi connectivity index (χ2v) is 11.2. The van der Waals surface area contributed by atoms with Crippen molar-refractivity contribution in [3.05, 3.63) is 53.9 Å². The van der Waals surface area contributed by atoms with E-state index in [0.29, 0.717) is 12.1 Å². The summed E-state index contributed by atoms with van der Waals surface area (Å²) in [6, 6.07) is 12.0. The van der Waals surface area contributed by atoms with E-state index in [-0.39, 0.29) is 22.8 Å². The first kappa shape index (κ1) is 22.5. The zero-order valence-corrected chi connectivity index (χ0v) is 19.0. The predicted molar refractivity (Wildman–Crippen MR) is 121 cm³/mol. The highest BCUT2D eigenvalue weighted by Gasteiger charge is 2.20. The molecule has 1 aliphatic rings. The lowest BCUT2D eigenvalue weighted by Gasteiger charge is -2.26. The normalized spacial score (nSPS) is 15.9. The van der Waals surface area contributed by atoms with Gasteiger partial charge in [-0.1, -0.05) is 31.2 Å². The average molecular weight is 429 g/mol. The van der Waals surface area contributed by atoms with Crippen LogP contribution in [0.4, 0.5) is 0 Å². The van der Waals surface area contributed by atoms with Crippen LogP contribution >= 0.6 is 0 Å². The summed E-state index contributed by atoms with van der Waals surface area (Å²) >= 11 is 0. The first-order valence-electron chi connectivity index (χ1n) is 10.8. The molecule has 1 aromatic heterocycles. The van der Waals surface area contributed by atoms with Crippen LogP contribution in [-0.4, -0.2) is 48.3 Å². The molecule has 2 heterocycles. The maximum atomic E-state index is 12.7. The van der Waals surface area contributed by atoms with Gasteiger partial charge in [0.25, 0.3) is 5.91 Å². The zero-order chi connectivity index (χ0) is 21.7. The van der Waals surface area contributed by atoms with Gasteiger partial charge in [0, 0.05) is 19.3 Å². The van der Waals surface area contributed by atoms with Crippen LogP contribution in [0, 0.1) is 0 Å². The van der Waals surface area contributed by atoms with E-state index in [9.17, 15) is 13.2 Å². The number of nitrogens with zero attached hydrogens (tertiary/aromatic N) is 2. The largest absolute Gasteiger partial charge is 0.337 e. The number of pyridine rings is 1. The highest BCUT2D eigenvalue weighted by atomic mass is 32.2. The minimum absolute atomic E-state index is 0.00755. The Hall–Kier alpha value is -2.21. The summed E-state index contributed by atoms with van der Waals surface area (Å²) in [7, 11) is -3.02. The van der Waals surface area contributed by atoms with Gasteiger partial charge in [-0.05, 0) is 74.3 Å². The quantitative estimate of drug-likeness (QED) is 0.641. The van der Waals surface area contributed by atoms with Gasteiger partial charge in [-0.15, -0.1) is 0 Å². The fraction of sp³-hybridized carbons (Fsp3) is 0.500. The lowest BCUT2D eigenvalue weighted by atomic mass is 9.96. The van der Waals surface area contributed by atoms with Gasteiger partial charge < -0.3 is 4.90 Å². The molecule has 6 heteroatoms. The fourth-order valence-corrected chi connectivity index (χ4v) is 4.89. The molecular formula is C24H32N2O3S. The van der Waals surface area contributed by atoms with E-state index in [0.717, 1.165) is 42.6 Å². The molecule has 0 aliphatic carbocycles. The van der Waals surface area contributed by atoms with Crippen LogP contribution in [0.1, 0.15) is 68.4 Å². The highest BCUT2D eigenvalue weighted by Crippen LogP contribution is 2.26. The molecule has 0 bridgehead atoms. The summed E-state index contributed by atoms with van der Waals surface area (Å²) in [5.74, 6) is 0.384. The first-order valence-corrected chi connectivity index (χ1v) is 12.6. The predicted octanol–water partition coefficient (Wildman–Crippen LogP) is 4.69. The molecule has 0 saturated carbocycles. The molecule has 0 unspecified atom stereocenters. The molecule has 1 aliphatic heterocycles. The summed E-state index contributed by atoms with van der Waals surface area (Å²) < 4.78 is 24.1. The van der Waals surface area contributed by atoms with Gasteiger partial charge in [0.1, 0.15) is 5.69 Å². The molecule has 3 rings (SSSR count). The number of aromatic nitrogens is 1. The van der Waals surface area contributed by atoms with Gasteiger partial charge in [-0.2, -0.15) is 0 Å². The van der Waals surface area contributed by atoms with E-state index in [4.69, 9.17) is 0 Å². The average Bonchev–Trinajstić information content (AvgIpc) is 2.77. The van der Waals surface area contributed by atoms with E-state index in [1.54, 1.807) is 20.0 Å². The fourth-order valence-electron chi connectivity index (χ4n) is 3.73. The summed E-state index contributed by atoms with van der Waals surface area (Å²) in [6.07, 6.45) is 5.61. The second-order valence-electron chi connectivity index (χ2n) is 8.51. The minimum Gasteiger partial charge on any atom is -0.337 e. The molecule has 1 amide bonds. The molecule has 0 spiro atoms. The smallest absolute Gasteiger partial charge is 0.272 e. The zero-order valence-electron chi connectivity index (χ0n) is 18.2. The van der Waals surface area contributed by atoms with E-state index in [1.807, 2.05) is 29.2 Å². The Kier molecular flexibility index (Phi) is 7.29. The van der Waals surface area contributed by atoms with Crippen molar-refractivity contribution in [3.8, 4) is 11.1 Å². The number of benzene rings is 1. The Morgan fingerprint density at radius 1 is 1.00 bits per heavy atom. The molecule has 0 radical (unpaired) electrons. The minimum atomic E-state index is -3.02. The van der Waals surface area contributed by atoms with Gasteiger partial charge in [0.15, 0.2) is 9.84 Å². The third-order valence-electron chi connectivity index (χ3n) is 5.99. The number of hydrogen-bond donors (Lipinski definition) is 0. The maximum absolute atomic E-state index is 12.7. The summed E-state index contributed by atoms with van der Waals surface area (Å²) in [4.78, 5) is 18.9. The van der Waals surface area contributed by atoms with E-state index in [1.165, 1.54) is 6.42 Å². The van der Waals surface area contributed by atoms with Crippen LogP contribution in [0.2, 0.25) is 0 Å². The van der Waals surface area contributed by atoms with Crippen molar-refractivity contribution < 1.29 is 13.2 Å². The van der Waals surface area contributed by atoms with Crippen LogP contribution in [0.15, 0.2) is 42.6 Å². The maximum Gasteiger partial charge on any atom is 0.272 e. The van der Waals surface area contributed by atoms with Gasteiger partial charge in [0.2, 0.25) is 0 Å². The van der Waals surface area contributed by atoms with Gasteiger partial charge in [-0.3, -0.25) is 9.78 Å². The summed E-state index contributed by atoms with van der Waals surface area (Å²) in [5, 5.41) is -0.333. The lowest BCUT2D eigenvalue weighted by Crippen LogP contribution is -2.36. The molecule has 162 valence electrons. The Morgan fingerprint density at radius 2 is 1.67 bits per heavy atom. The number of piperidine rings is 1. The SMILES string of the molecule is CC(C)S(=O)(=O)CC[C@H](C)c1ccc(-c2ccnc(C(=O)N3CCCCC3)c2)cc1. The molecular weight excluding hydrogens is 396 g/mol. The van der Waals surface area contributed by atoms with Crippen LogP contribution in [0.3, 0.4) is 0 Å². The number of carbonyl (C=O) groups is 1. The van der Waals surface area contributed by atoms with Gasteiger partial charge in [0.05, 0.1) is 11.0 Å². The van der Waals surface area contributed by atoms with Crippen LogP contribution in [0.5, 0.6) is 0 Å². The molecule has 1 saturated heterocycles. The van der Waals surface area contributed by atoms with E-state index < -0.39 is 9.84 Å². The lowest BCUT2D eigenvalue weighted by molar-refractivity contribution is 0.0718. The number of carbonyl (C=O) groups excluding carboxylic acids is 1. The number of hydrogen-bond acceptors (Lipinski definition) is 4. The number of amides is 1.